The van der Waals surface area contributed by atoms with Crippen molar-refractivity contribution in [1.29, 1.82) is 0 Å². The smallest absolute Gasteiger partial charge is 0.172 e. The predicted octanol–water partition coefficient (Wildman–Crippen LogP) is 2.98. The summed E-state index contributed by atoms with van der Waals surface area (Å²) in [5, 5.41) is 16.8. The van der Waals surface area contributed by atoms with Gasteiger partial charge in [-0.25, -0.2) is 9.67 Å². The first-order valence-corrected chi connectivity index (χ1v) is 9.83. The van der Waals surface area contributed by atoms with Crippen molar-refractivity contribution in [3.63, 3.8) is 0 Å². The van der Waals surface area contributed by atoms with Gasteiger partial charge in [0.05, 0.1) is 22.4 Å². The van der Waals surface area contributed by atoms with Gasteiger partial charge in [-0.05, 0) is 47.5 Å². The van der Waals surface area contributed by atoms with Crippen molar-refractivity contribution in [2.24, 2.45) is 0 Å². The van der Waals surface area contributed by atoms with Crippen LogP contribution in [0.5, 0.6) is 0 Å². The number of ether oxygens (including phenoxy) is 1. The first-order chi connectivity index (χ1) is 13.7. The summed E-state index contributed by atoms with van der Waals surface area (Å²) in [5.74, 6) is 0.733. The second-order valence-corrected chi connectivity index (χ2v) is 7.14. The molecule has 150 valence electrons. The highest BCUT2D eigenvalue weighted by molar-refractivity contribution is 6.42. The fourth-order valence-electron chi connectivity index (χ4n) is 2.91. The van der Waals surface area contributed by atoms with E-state index in [0.717, 1.165) is 37.3 Å². The quantitative estimate of drug-likeness (QED) is 0.477. The molecule has 2 heterocycles. The summed E-state index contributed by atoms with van der Waals surface area (Å²) in [4.78, 5) is 4.06. The highest BCUT2D eigenvalue weighted by Crippen LogP contribution is 2.28. The minimum Gasteiger partial charge on any atom is -0.385 e. The van der Waals surface area contributed by atoms with E-state index in [0.29, 0.717) is 23.2 Å². The van der Waals surface area contributed by atoms with Gasteiger partial charge < -0.3 is 14.6 Å². The fourth-order valence-corrected chi connectivity index (χ4v) is 3.22. The minimum atomic E-state index is -0.199. The summed E-state index contributed by atoms with van der Waals surface area (Å²) in [6, 6.07) is 5.38. The van der Waals surface area contributed by atoms with Gasteiger partial charge in [-0.1, -0.05) is 29.3 Å². The Hall–Kier alpha value is -2.00. The molecule has 0 saturated heterocycles. The van der Waals surface area contributed by atoms with Crippen molar-refractivity contribution in [3.8, 4) is 0 Å². The molecule has 0 aliphatic heterocycles. The third-order valence-electron chi connectivity index (χ3n) is 4.31. The van der Waals surface area contributed by atoms with E-state index in [2.05, 4.69) is 25.8 Å². The van der Waals surface area contributed by atoms with Crippen molar-refractivity contribution >= 4 is 23.2 Å². The number of nitrogens with one attached hydrogen (secondary N) is 1. The fraction of sp³-hybridized carbons (Fsp3) is 0.444. The Kier molecular flexibility index (Phi) is 7.79. The van der Waals surface area contributed by atoms with Gasteiger partial charge in [-0.3, -0.25) is 0 Å². The zero-order valence-electron chi connectivity index (χ0n) is 15.6. The number of hydrogen-bond donors (Lipinski definition) is 1. The lowest BCUT2D eigenvalue weighted by Gasteiger charge is -2.19. The number of imidazole rings is 1. The van der Waals surface area contributed by atoms with E-state index in [1.165, 1.54) is 0 Å². The Morgan fingerprint density at radius 3 is 2.82 bits per heavy atom. The van der Waals surface area contributed by atoms with Crippen LogP contribution in [0.15, 0.2) is 36.9 Å². The predicted molar refractivity (Wildman–Crippen MR) is 107 cm³/mol. The summed E-state index contributed by atoms with van der Waals surface area (Å²) >= 11 is 12.3. The topological polar surface area (TPSA) is 82.7 Å². The zero-order chi connectivity index (χ0) is 19.8. The Morgan fingerprint density at radius 2 is 2.07 bits per heavy atom. The molecule has 28 heavy (non-hydrogen) atoms. The molecule has 0 aliphatic rings. The van der Waals surface area contributed by atoms with E-state index in [9.17, 15) is 0 Å². The second-order valence-electron chi connectivity index (χ2n) is 6.32. The summed E-state index contributed by atoms with van der Waals surface area (Å²) < 4.78 is 8.98. The van der Waals surface area contributed by atoms with Gasteiger partial charge in [0.25, 0.3) is 0 Å². The van der Waals surface area contributed by atoms with Crippen LogP contribution < -0.4 is 5.32 Å². The molecule has 3 aromatic rings. The van der Waals surface area contributed by atoms with Crippen LogP contribution in [-0.4, -0.2) is 50.0 Å². The van der Waals surface area contributed by atoms with Crippen molar-refractivity contribution in [2.75, 3.05) is 20.3 Å². The van der Waals surface area contributed by atoms with Gasteiger partial charge in [0.2, 0.25) is 0 Å². The maximum atomic E-state index is 6.25. The van der Waals surface area contributed by atoms with E-state index in [1.807, 2.05) is 29.2 Å². The van der Waals surface area contributed by atoms with Gasteiger partial charge in [0, 0.05) is 39.2 Å². The van der Waals surface area contributed by atoms with Gasteiger partial charge in [-0.2, -0.15) is 0 Å². The van der Waals surface area contributed by atoms with Gasteiger partial charge in [0.15, 0.2) is 5.82 Å². The summed E-state index contributed by atoms with van der Waals surface area (Å²) in [6.45, 7) is 2.97. The Labute approximate surface area is 173 Å². The maximum Gasteiger partial charge on any atom is 0.172 e. The number of methoxy groups -OCH3 is 1. The summed E-state index contributed by atoms with van der Waals surface area (Å²) in [5.41, 5.74) is 0.958. The molecule has 10 heteroatoms. The lowest BCUT2D eigenvalue weighted by Crippen LogP contribution is -2.27. The maximum absolute atomic E-state index is 6.25. The number of rotatable bonds is 11. The highest BCUT2D eigenvalue weighted by atomic mass is 35.5. The highest BCUT2D eigenvalue weighted by Gasteiger charge is 2.21. The molecule has 8 nitrogen and oxygen atoms in total. The third-order valence-corrected chi connectivity index (χ3v) is 5.05. The molecule has 0 aliphatic carbocycles. The first-order valence-electron chi connectivity index (χ1n) is 9.08. The molecule has 2 aromatic heterocycles. The Bertz CT molecular complexity index is 854. The molecule has 3 rings (SSSR count). The summed E-state index contributed by atoms with van der Waals surface area (Å²) in [6.07, 6.45) is 7.29. The number of benzene rings is 1. The van der Waals surface area contributed by atoms with Crippen LogP contribution in [0.2, 0.25) is 10.0 Å². The van der Waals surface area contributed by atoms with Crippen LogP contribution in [0.1, 0.15) is 30.3 Å². The molecule has 1 unspecified atom stereocenters. The molecule has 0 saturated carbocycles. The van der Waals surface area contributed by atoms with Gasteiger partial charge in [-0.15, -0.1) is 5.10 Å². The van der Waals surface area contributed by atoms with Crippen LogP contribution in [0.4, 0.5) is 0 Å². The Balaban J connectivity index is 1.74. The van der Waals surface area contributed by atoms with Crippen molar-refractivity contribution in [3.05, 3.63) is 58.4 Å². The van der Waals surface area contributed by atoms with Crippen LogP contribution in [-0.2, 0) is 17.8 Å². The van der Waals surface area contributed by atoms with Gasteiger partial charge in [0.1, 0.15) is 0 Å². The molecular weight excluding hydrogens is 401 g/mol. The monoisotopic (exact) mass is 423 g/mol. The molecule has 0 radical (unpaired) electrons. The molecular formula is C18H23Cl2N7O. The van der Waals surface area contributed by atoms with Crippen molar-refractivity contribution in [2.45, 2.75) is 32.0 Å². The number of hydrogen-bond acceptors (Lipinski definition) is 6. The zero-order valence-corrected chi connectivity index (χ0v) is 17.1. The lowest BCUT2D eigenvalue weighted by atomic mass is 10.1. The second kappa shape index (κ2) is 10.5. The SMILES string of the molecule is COCCCn1nnnc1C(NCCCn1ccnc1)c1ccc(Cl)c(Cl)c1. The van der Waals surface area contributed by atoms with E-state index in [1.54, 1.807) is 24.1 Å². The summed E-state index contributed by atoms with van der Waals surface area (Å²) in [7, 11) is 1.68. The number of tetrazole rings is 1. The first kappa shape index (κ1) is 20.7. The minimum absolute atomic E-state index is 0.199. The van der Waals surface area contributed by atoms with E-state index >= 15 is 0 Å². The molecule has 0 amide bonds. The molecule has 1 N–H and O–H groups in total. The normalized spacial score (nSPS) is 12.4. The van der Waals surface area contributed by atoms with Gasteiger partial charge >= 0.3 is 0 Å². The van der Waals surface area contributed by atoms with Crippen LogP contribution in [0, 0.1) is 0 Å². The largest absolute Gasteiger partial charge is 0.385 e. The average Bonchev–Trinajstić information content (AvgIpc) is 3.37. The van der Waals surface area contributed by atoms with Crippen LogP contribution in [0.3, 0.4) is 0 Å². The van der Waals surface area contributed by atoms with E-state index in [4.69, 9.17) is 27.9 Å². The van der Waals surface area contributed by atoms with Crippen molar-refractivity contribution in [1.82, 2.24) is 35.1 Å². The van der Waals surface area contributed by atoms with Crippen molar-refractivity contribution < 1.29 is 4.74 Å². The van der Waals surface area contributed by atoms with Crippen LogP contribution >= 0.6 is 23.2 Å². The van der Waals surface area contributed by atoms with Crippen LogP contribution in [0.25, 0.3) is 0 Å². The molecule has 0 bridgehead atoms. The molecule has 0 spiro atoms. The van der Waals surface area contributed by atoms with E-state index in [-0.39, 0.29) is 6.04 Å². The molecule has 0 fully saturated rings. The number of aromatic nitrogens is 6. The number of halogens is 2. The third kappa shape index (κ3) is 5.51. The lowest BCUT2D eigenvalue weighted by molar-refractivity contribution is 0.188. The van der Waals surface area contributed by atoms with E-state index < -0.39 is 0 Å². The Morgan fingerprint density at radius 1 is 1.18 bits per heavy atom. The molecule has 1 atom stereocenters. The standard InChI is InChI=1S/C18H23Cl2N7O/c1-28-11-3-9-27-18(23-24-25-27)17(14-4-5-15(19)16(20)12-14)22-6-2-8-26-10-7-21-13-26/h4-5,7,10,12-13,17,22H,2-3,6,8-9,11H2,1H3. The number of nitrogens with zero attached hydrogens (tertiary/aromatic N) is 6. The average molecular weight is 424 g/mol. The molecule has 1 aromatic carbocycles. The number of aryl methyl sites for hydroxylation is 2.